The third-order valence-corrected chi connectivity index (χ3v) is 9.21. The summed E-state index contributed by atoms with van der Waals surface area (Å²) < 4.78 is 29.2. The van der Waals surface area contributed by atoms with Crippen LogP contribution in [0, 0.1) is 24.2 Å². The summed E-state index contributed by atoms with van der Waals surface area (Å²) in [7, 11) is -3.92. The van der Waals surface area contributed by atoms with Gasteiger partial charge in [0.05, 0.1) is 16.3 Å². The number of carbonyl (C=O) groups excluding carboxylic acids is 1. The number of aromatic nitrogens is 1. The molecule has 0 saturated heterocycles. The van der Waals surface area contributed by atoms with Crippen LogP contribution >= 0.6 is 0 Å². The SMILES string of the molecule is CCCCC(CC)Cn1c(O)c(C#N)c(C)c(N=Nc2ccc(S(=O)(=O)N(CC)c3ccc(C(C)=O)cc3)cc2)c1=O. The number of hydrogen-bond donors (Lipinski definition) is 1. The fourth-order valence-electron chi connectivity index (χ4n) is 4.68. The van der Waals surface area contributed by atoms with E-state index in [0.717, 1.165) is 25.7 Å². The van der Waals surface area contributed by atoms with Crippen LogP contribution in [0.4, 0.5) is 17.1 Å². The molecule has 3 aromatic rings. The Hall–Kier alpha value is -4.30. The number of anilines is 1. The third kappa shape index (κ3) is 6.94. The number of hydrogen-bond acceptors (Lipinski definition) is 8. The van der Waals surface area contributed by atoms with Crippen LogP contribution in [0.5, 0.6) is 5.88 Å². The first kappa shape index (κ1) is 32.2. The smallest absolute Gasteiger partial charge is 0.281 e. The summed E-state index contributed by atoms with van der Waals surface area (Å²) in [6.07, 6.45) is 3.71. The molecule has 11 heteroatoms. The van der Waals surface area contributed by atoms with Crippen molar-refractivity contribution in [3.63, 3.8) is 0 Å². The Bertz CT molecular complexity index is 1650. The lowest BCUT2D eigenvalue weighted by Crippen LogP contribution is -2.30. The molecule has 0 aliphatic rings. The molecule has 0 saturated carbocycles. The molecule has 0 aliphatic carbocycles. The second-order valence-electron chi connectivity index (χ2n) is 10.1. The van der Waals surface area contributed by atoms with Gasteiger partial charge in [0.2, 0.25) is 5.88 Å². The summed E-state index contributed by atoms with van der Waals surface area (Å²) in [6.45, 7) is 9.24. The minimum atomic E-state index is -3.92. The number of sulfonamides is 1. The van der Waals surface area contributed by atoms with Crippen LogP contribution in [-0.4, -0.2) is 30.4 Å². The molecule has 2 aromatic carbocycles. The van der Waals surface area contributed by atoms with Gasteiger partial charge in [-0.25, -0.2) is 8.42 Å². The van der Waals surface area contributed by atoms with E-state index in [9.17, 15) is 28.4 Å². The lowest BCUT2D eigenvalue weighted by Gasteiger charge is -2.23. The molecular weight excluding hydrogens is 554 g/mol. The quantitative estimate of drug-likeness (QED) is 0.171. The van der Waals surface area contributed by atoms with Gasteiger partial charge in [-0.05, 0) is 81.6 Å². The van der Waals surface area contributed by atoms with Crippen LogP contribution < -0.4 is 9.86 Å². The Morgan fingerprint density at radius 1 is 1.07 bits per heavy atom. The normalized spacial score (nSPS) is 12.3. The summed E-state index contributed by atoms with van der Waals surface area (Å²) >= 11 is 0. The van der Waals surface area contributed by atoms with Crippen molar-refractivity contribution in [1.29, 1.82) is 5.26 Å². The number of aromatic hydroxyl groups is 1. The first-order valence-corrected chi connectivity index (χ1v) is 15.5. The van der Waals surface area contributed by atoms with Gasteiger partial charge in [-0.15, -0.1) is 5.11 Å². The maximum atomic E-state index is 13.4. The minimum Gasteiger partial charge on any atom is -0.493 e. The van der Waals surface area contributed by atoms with Gasteiger partial charge in [-0.3, -0.25) is 18.5 Å². The minimum absolute atomic E-state index is 0.0339. The van der Waals surface area contributed by atoms with E-state index in [0.29, 0.717) is 16.9 Å². The van der Waals surface area contributed by atoms with E-state index < -0.39 is 15.6 Å². The van der Waals surface area contributed by atoms with Crippen molar-refractivity contribution >= 4 is 32.9 Å². The summed E-state index contributed by atoms with van der Waals surface area (Å²) in [4.78, 5) is 25.0. The molecule has 222 valence electrons. The first-order chi connectivity index (χ1) is 20.0. The van der Waals surface area contributed by atoms with E-state index in [1.807, 2.05) is 13.0 Å². The molecule has 0 spiro atoms. The van der Waals surface area contributed by atoms with Crippen molar-refractivity contribution in [3.8, 4) is 11.9 Å². The number of unbranched alkanes of at least 4 members (excludes halogenated alkanes) is 1. The number of pyridine rings is 1. The monoisotopic (exact) mass is 591 g/mol. The Morgan fingerprint density at radius 3 is 2.24 bits per heavy atom. The number of nitriles is 1. The number of benzene rings is 2. The van der Waals surface area contributed by atoms with Gasteiger partial charge in [-0.2, -0.15) is 10.4 Å². The Balaban J connectivity index is 1.93. The van der Waals surface area contributed by atoms with Crippen LogP contribution in [0.3, 0.4) is 0 Å². The number of nitrogens with zero attached hydrogens (tertiary/aromatic N) is 5. The predicted molar refractivity (Wildman–Crippen MR) is 162 cm³/mol. The zero-order chi connectivity index (χ0) is 31.0. The van der Waals surface area contributed by atoms with E-state index in [-0.39, 0.29) is 52.4 Å². The molecule has 1 heterocycles. The number of azo groups is 1. The lowest BCUT2D eigenvalue weighted by atomic mass is 9.99. The summed E-state index contributed by atoms with van der Waals surface area (Å²) in [5.74, 6) is -0.337. The van der Waals surface area contributed by atoms with Gasteiger partial charge in [-0.1, -0.05) is 33.1 Å². The second-order valence-corrected chi connectivity index (χ2v) is 11.9. The zero-order valence-electron chi connectivity index (χ0n) is 24.7. The lowest BCUT2D eigenvalue weighted by molar-refractivity contribution is 0.101. The number of Topliss-reactive ketones (excluding diaryl/α,β-unsaturated/α-hetero) is 1. The molecule has 0 fully saturated rings. The fourth-order valence-corrected chi connectivity index (χ4v) is 6.15. The molecule has 1 atom stereocenters. The average molecular weight is 592 g/mol. The Labute approximate surface area is 247 Å². The van der Waals surface area contributed by atoms with Crippen molar-refractivity contribution in [2.75, 3.05) is 10.8 Å². The topological polar surface area (TPSA) is 145 Å². The molecule has 3 rings (SSSR count). The Kier molecular flexibility index (Phi) is 10.8. The highest BCUT2D eigenvalue weighted by atomic mass is 32.2. The highest BCUT2D eigenvalue weighted by Gasteiger charge is 2.24. The molecule has 0 bridgehead atoms. The summed E-state index contributed by atoms with van der Waals surface area (Å²) in [6, 6.07) is 14.1. The largest absolute Gasteiger partial charge is 0.493 e. The highest BCUT2D eigenvalue weighted by molar-refractivity contribution is 7.92. The molecule has 0 amide bonds. The maximum absolute atomic E-state index is 13.4. The average Bonchev–Trinajstić information content (AvgIpc) is 2.97. The second kappa shape index (κ2) is 14.0. The van der Waals surface area contributed by atoms with E-state index in [1.165, 1.54) is 47.0 Å². The molecule has 10 nitrogen and oxygen atoms in total. The molecule has 0 radical (unpaired) electrons. The van der Waals surface area contributed by atoms with E-state index in [4.69, 9.17) is 0 Å². The van der Waals surface area contributed by atoms with Crippen molar-refractivity contribution in [1.82, 2.24) is 4.57 Å². The molecule has 1 unspecified atom stereocenters. The molecule has 1 N–H and O–H groups in total. The molecule has 42 heavy (non-hydrogen) atoms. The van der Waals surface area contributed by atoms with Crippen LogP contribution in [0.2, 0.25) is 0 Å². The molecule has 1 aromatic heterocycles. The first-order valence-electron chi connectivity index (χ1n) is 14.0. The van der Waals surface area contributed by atoms with Crippen LogP contribution in [0.1, 0.15) is 74.9 Å². The van der Waals surface area contributed by atoms with E-state index in [1.54, 1.807) is 31.2 Å². The van der Waals surface area contributed by atoms with Crippen molar-refractivity contribution in [2.24, 2.45) is 16.1 Å². The summed E-state index contributed by atoms with van der Waals surface area (Å²) in [5, 5.41) is 28.7. The van der Waals surface area contributed by atoms with Crippen LogP contribution in [0.15, 0.2) is 68.4 Å². The number of ketones is 1. The Morgan fingerprint density at radius 2 is 1.71 bits per heavy atom. The summed E-state index contributed by atoms with van der Waals surface area (Å²) in [5.41, 5.74) is 0.796. The standard InChI is InChI=1S/C31H37N5O5S/c1-6-9-10-23(7-2)20-35-30(38)28(19-32)21(4)29(31(35)39)34-33-25-13-17-27(18-14-25)42(40,41)36(8-3)26-15-11-24(12-16-26)22(5)37/h11-18,23,38H,6-10,20H2,1-5H3. The maximum Gasteiger partial charge on any atom is 0.281 e. The van der Waals surface area contributed by atoms with Crippen molar-refractivity contribution in [2.45, 2.75) is 71.7 Å². The zero-order valence-corrected chi connectivity index (χ0v) is 25.5. The molecular formula is C31H37N5O5S. The van der Waals surface area contributed by atoms with Crippen molar-refractivity contribution < 1.29 is 18.3 Å². The van der Waals surface area contributed by atoms with Crippen molar-refractivity contribution in [3.05, 3.63) is 75.6 Å². The predicted octanol–water partition coefficient (Wildman–Crippen LogP) is 6.78. The van der Waals surface area contributed by atoms with Gasteiger partial charge in [0.25, 0.3) is 15.6 Å². The number of rotatable bonds is 13. The van der Waals surface area contributed by atoms with Gasteiger partial charge in [0.15, 0.2) is 11.5 Å². The highest BCUT2D eigenvalue weighted by Crippen LogP contribution is 2.30. The van der Waals surface area contributed by atoms with Gasteiger partial charge in [0, 0.05) is 24.2 Å². The molecule has 0 aliphatic heterocycles. The van der Waals surface area contributed by atoms with Crippen LogP contribution in [0.25, 0.3) is 0 Å². The van der Waals surface area contributed by atoms with E-state index >= 15 is 0 Å². The van der Waals surface area contributed by atoms with E-state index in [2.05, 4.69) is 17.2 Å². The fraction of sp³-hybridized carbons (Fsp3) is 0.387. The van der Waals surface area contributed by atoms with Gasteiger partial charge in [0.1, 0.15) is 11.6 Å². The van der Waals surface area contributed by atoms with Gasteiger partial charge >= 0.3 is 0 Å². The number of carbonyl (C=O) groups is 1. The van der Waals surface area contributed by atoms with Crippen LogP contribution in [-0.2, 0) is 16.6 Å². The third-order valence-electron chi connectivity index (χ3n) is 7.29. The van der Waals surface area contributed by atoms with Gasteiger partial charge < -0.3 is 5.11 Å².